The van der Waals surface area contributed by atoms with Crippen LogP contribution in [0.5, 0.6) is 0 Å². The van der Waals surface area contributed by atoms with Gasteiger partial charge in [-0.3, -0.25) is 19.5 Å². The van der Waals surface area contributed by atoms with E-state index in [1.807, 2.05) is 13.0 Å². The van der Waals surface area contributed by atoms with Gasteiger partial charge in [0.1, 0.15) is 6.07 Å². The molecule has 0 bridgehead atoms. The molecule has 0 aliphatic carbocycles. The molecule has 3 heterocycles. The molecule has 2 amide bonds. The lowest BCUT2D eigenvalue weighted by Crippen LogP contribution is -2.56. The molecule has 1 aromatic carbocycles. The highest BCUT2D eigenvalue weighted by atomic mass is 35.5. The topological polar surface area (TPSA) is 134 Å². The number of halogens is 1. The van der Waals surface area contributed by atoms with Gasteiger partial charge in [-0.1, -0.05) is 23.7 Å². The largest absolute Gasteiger partial charge is 0.378 e. The number of pyridine rings is 1. The second-order valence-electron chi connectivity index (χ2n) is 8.74. The number of nitrogens with one attached hydrogen (secondary N) is 1. The van der Waals surface area contributed by atoms with E-state index in [2.05, 4.69) is 10.3 Å². The van der Waals surface area contributed by atoms with E-state index in [9.17, 15) is 9.59 Å². The lowest BCUT2D eigenvalue weighted by Gasteiger charge is -2.41. The number of guanidine groups is 1. The summed E-state index contributed by atoms with van der Waals surface area (Å²) in [7, 11) is 0. The summed E-state index contributed by atoms with van der Waals surface area (Å²) in [5.74, 6) is -0.432. The molecule has 9 nitrogen and oxygen atoms in total. The van der Waals surface area contributed by atoms with Gasteiger partial charge in [0.05, 0.1) is 39.9 Å². The number of nitriles is 1. The number of nitrogens with zero attached hydrogens (tertiary/aromatic N) is 4. The van der Waals surface area contributed by atoms with Crippen molar-refractivity contribution >= 4 is 35.1 Å². The molecule has 0 radical (unpaired) electrons. The number of anilines is 1. The molecule has 176 valence electrons. The molecule has 1 saturated heterocycles. The molecule has 2 aliphatic heterocycles. The fourth-order valence-electron chi connectivity index (χ4n) is 4.47. The Kier molecular flexibility index (Phi) is 6.55. The molecule has 10 heteroatoms. The van der Waals surface area contributed by atoms with E-state index in [4.69, 9.17) is 32.3 Å². The number of aromatic nitrogens is 1. The Hall–Kier alpha value is -3.48. The molecule has 0 unspecified atom stereocenters. The molecule has 1 fully saturated rings. The number of carbonyl (C=O) groups excluding carboxylic acids is 2. The highest BCUT2D eigenvalue weighted by Crippen LogP contribution is 2.41. The maximum Gasteiger partial charge on any atom is 0.257 e. The lowest BCUT2D eigenvalue weighted by atomic mass is 9.86. The minimum atomic E-state index is -0.992. The molecular weight excluding hydrogens is 456 g/mol. The van der Waals surface area contributed by atoms with Crippen molar-refractivity contribution in [2.24, 2.45) is 10.7 Å². The SMILES string of the molecule is C[C@@H]1C[C@H](N2C(=O)C[C@@](C)(c3cccc(NC(=O)c4cncc(C#N)c4)c3Cl)N=C2N)CCO1. The van der Waals surface area contributed by atoms with Crippen LogP contribution in [0.1, 0.15) is 54.6 Å². The van der Waals surface area contributed by atoms with Crippen LogP contribution in [0.2, 0.25) is 5.02 Å². The fraction of sp³-hybridized carbons (Fsp3) is 0.375. The standard InChI is InChI=1S/C24H25ClN6O3/c1-14-8-17(6-7-34-14)31-20(32)10-24(2,30-23(31)27)18-4-3-5-19(21(18)25)29-22(33)16-9-15(11-26)12-28-13-16/h3-5,9,12-14,17H,6-8,10H2,1-2H3,(H2,27,30)(H,29,33)/t14-,17-,24+/m1/s1. The van der Waals surface area contributed by atoms with E-state index in [0.29, 0.717) is 30.7 Å². The van der Waals surface area contributed by atoms with Crippen molar-refractivity contribution in [2.45, 2.75) is 50.8 Å². The number of rotatable bonds is 4. The minimum absolute atomic E-state index is 0.0476. The van der Waals surface area contributed by atoms with Crippen LogP contribution in [-0.2, 0) is 15.1 Å². The summed E-state index contributed by atoms with van der Waals surface area (Å²) in [6, 6.07) is 8.50. The monoisotopic (exact) mass is 480 g/mol. The van der Waals surface area contributed by atoms with Gasteiger partial charge in [0.15, 0.2) is 5.96 Å². The Labute approximate surface area is 202 Å². The van der Waals surface area contributed by atoms with Crippen LogP contribution >= 0.6 is 11.6 Å². The Morgan fingerprint density at radius 1 is 1.41 bits per heavy atom. The van der Waals surface area contributed by atoms with E-state index >= 15 is 0 Å². The van der Waals surface area contributed by atoms with Gasteiger partial charge in [0.2, 0.25) is 5.91 Å². The second kappa shape index (κ2) is 9.41. The molecule has 34 heavy (non-hydrogen) atoms. The number of aliphatic imine (C=N–C) groups is 1. The molecule has 0 spiro atoms. The Balaban J connectivity index is 1.61. The van der Waals surface area contributed by atoms with Gasteiger partial charge in [0, 0.05) is 30.6 Å². The summed E-state index contributed by atoms with van der Waals surface area (Å²) in [5, 5.41) is 12.1. The van der Waals surface area contributed by atoms with E-state index < -0.39 is 11.4 Å². The normalized spacial score (nSPS) is 24.8. The third-order valence-electron chi connectivity index (χ3n) is 6.15. The predicted molar refractivity (Wildman–Crippen MR) is 127 cm³/mol. The Morgan fingerprint density at radius 2 is 2.21 bits per heavy atom. The summed E-state index contributed by atoms with van der Waals surface area (Å²) in [6.45, 7) is 4.35. The van der Waals surface area contributed by atoms with Crippen LogP contribution in [0.4, 0.5) is 5.69 Å². The predicted octanol–water partition coefficient (Wildman–Crippen LogP) is 3.19. The number of ether oxygens (including phenoxy) is 1. The van der Waals surface area contributed by atoms with E-state index in [0.717, 1.165) is 0 Å². The van der Waals surface area contributed by atoms with E-state index in [1.165, 1.54) is 18.5 Å². The number of benzene rings is 1. The van der Waals surface area contributed by atoms with Crippen molar-refractivity contribution in [2.75, 3.05) is 11.9 Å². The second-order valence-corrected chi connectivity index (χ2v) is 9.12. The zero-order valence-corrected chi connectivity index (χ0v) is 19.7. The minimum Gasteiger partial charge on any atom is -0.378 e. The molecule has 2 aliphatic rings. The smallest absolute Gasteiger partial charge is 0.257 e. The molecule has 1 aromatic heterocycles. The highest BCUT2D eigenvalue weighted by molar-refractivity contribution is 6.35. The summed E-state index contributed by atoms with van der Waals surface area (Å²) >= 11 is 6.69. The molecule has 3 N–H and O–H groups in total. The van der Waals surface area contributed by atoms with Crippen LogP contribution < -0.4 is 11.1 Å². The van der Waals surface area contributed by atoms with Gasteiger partial charge >= 0.3 is 0 Å². The van der Waals surface area contributed by atoms with Gasteiger partial charge in [-0.05, 0) is 38.8 Å². The fourth-order valence-corrected chi connectivity index (χ4v) is 4.85. The zero-order chi connectivity index (χ0) is 24.5. The average molecular weight is 481 g/mol. The van der Waals surface area contributed by atoms with Crippen LogP contribution in [0.25, 0.3) is 0 Å². The molecule has 3 atom stereocenters. The third-order valence-corrected chi connectivity index (χ3v) is 6.56. The van der Waals surface area contributed by atoms with Crippen molar-refractivity contribution in [3.05, 3.63) is 58.4 Å². The first kappa shape index (κ1) is 23.7. The summed E-state index contributed by atoms with van der Waals surface area (Å²) in [4.78, 5) is 36.1. The first-order valence-electron chi connectivity index (χ1n) is 11.0. The van der Waals surface area contributed by atoms with Gasteiger partial charge in [-0.15, -0.1) is 0 Å². The molecule has 2 aromatic rings. The summed E-state index contributed by atoms with van der Waals surface area (Å²) < 4.78 is 5.59. The van der Waals surface area contributed by atoms with Crippen molar-refractivity contribution in [3.8, 4) is 6.07 Å². The van der Waals surface area contributed by atoms with Crippen molar-refractivity contribution in [3.63, 3.8) is 0 Å². The molecular formula is C24H25ClN6O3. The number of carbonyl (C=O) groups is 2. The molecule has 0 saturated carbocycles. The third kappa shape index (κ3) is 4.60. The Bertz CT molecular complexity index is 1210. The van der Waals surface area contributed by atoms with Crippen molar-refractivity contribution < 1.29 is 14.3 Å². The quantitative estimate of drug-likeness (QED) is 0.690. The number of hydrogen-bond donors (Lipinski definition) is 2. The summed E-state index contributed by atoms with van der Waals surface area (Å²) in [6.07, 6.45) is 4.27. The first-order valence-corrected chi connectivity index (χ1v) is 11.3. The summed E-state index contributed by atoms with van der Waals surface area (Å²) in [5.41, 5.74) is 6.74. The van der Waals surface area contributed by atoms with Crippen LogP contribution in [0.15, 0.2) is 41.7 Å². The number of hydrogen-bond acceptors (Lipinski definition) is 7. The van der Waals surface area contributed by atoms with Gasteiger partial charge in [-0.25, -0.2) is 4.99 Å². The van der Waals surface area contributed by atoms with Crippen LogP contribution in [-0.4, -0.2) is 46.4 Å². The molecule has 4 rings (SSSR count). The zero-order valence-electron chi connectivity index (χ0n) is 18.9. The van der Waals surface area contributed by atoms with E-state index in [-0.39, 0.29) is 46.6 Å². The van der Waals surface area contributed by atoms with E-state index in [1.54, 1.807) is 30.0 Å². The van der Waals surface area contributed by atoms with Crippen molar-refractivity contribution in [1.82, 2.24) is 9.88 Å². The highest BCUT2D eigenvalue weighted by Gasteiger charge is 2.42. The van der Waals surface area contributed by atoms with Crippen LogP contribution in [0, 0.1) is 11.3 Å². The maximum absolute atomic E-state index is 13.2. The first-order chi connectivity index (χ1) is 16.2. The van der Waals surface area contributed by atoms with Crippen LogP contribution in [0.3, 0.4) is 0 Å². The van der Waals surface area contributed by atoms with Gasteiger partial charge in [0.25, 0.3) is 5.91 Å². The van der Waals surface area contributed by atoms with Gasteiger partial charge in [-0.2, -0.15) is 5.26 Å². The van der Waals surface area contributed by atoms with Crippen molar-refractivity contribution in [1.29, 1.82) is 5.26 Å². The maximum atomic E-state index is 13.2. The average Bonchev–Trinajstić information content (AvgIpc) is 2.80. The lowest BCUT2D eigenvalue weighted by molar-refractivity contribution is -0.133. The number of nitrogens with two attached hydrogens (primary N) is 1. The number of amides is 2. The Morgan fingerprint density at radius 3 is 2.91 bits per heavy atom. The van der Waals surface area contributed by atoms with Gasteiger partial charge < -0.3 is 15.8 Å².